The molecule has 0 heterocycles. The van der Waals surface area contributed by atoms with Gasteiger partial charge in [-0.15, -0.1) is 11.6 Å². The maximum absolute atomic E-state index is 13.7. The van der Waals surface area contributed by atoms with Crippen LogP contribution in [0.1, 0.15) is 16.5 Å². The highest BCUT2D eigenvalue weighted by Gasteiger charge is 2.16. The summed E-state index contributed by atoms with van der Waals surface area (Å²) in [5.74, 6) is -0.769. The molecule has 0 amide bonds. The molecule has 1 atom stereocenters. The molecule has 0 aliphatic rings. The molecule has 5 heteroatoms. The van der Waals surface area contributed by atoms with E-state index in [1.165, 1.54) is 31.4 Å². The monoisotopic (exact) mass is 316 g/mol. The fourth-order valence-corrected chi connectivity index (χ4v) is 2.43. The zero-order valence-corrected chi connectivity index (χ0v) is 12.2. The van der Waals surface area contributed by atoms with E-state index in [1.807, 2.05) is 0 Å². The average Bonchev–Trinajstić information content (AvgIpc) is 2.43. The molecule has 2 aromatic rings. The standard InChI is InChI=1S/C15H12Cl2F2O/c1-20-15-7-9(5-6-14(15)19)12(17)8-10-11(16)3-2-4-13(10)18/h2-7,12H,8H2,1H3. The van der Waals surface area contributed by atoms with Crippen LogP contribution in [0.15, 0.2) is 36.4 Å². The first-order valence-electron chi connectivity index (χ1n) is 5.93. The highest BCUT2D eigenvalue weighted by atomic mass is 35.5. The van der Waals surface area contributed by atoms with Gasteiger partial charge in [-0.3, -0.25) is 0 Å². The Kier molecular flexibility index (Phi) is 4.84. The molecular formula is C15H12Cl2F2O. The molecule has 0 spiro atoms. The number of alkyl halides is 1. The van der Waals surface area contributed by atoms with Gasteiger partial charge in [0.05, 0.1) is 12.5 Å². The molecule has 2 rings (SSSR count). The van der Waals surface area contributed by atoms with Gasteiger partial charge in [-0.25, -0.2) is 8.78 Å². The van der Waals surface area contributed by atoms with Gasteiger partial charge in [0.1, 0.15) is 5.82 Å². The van der Waals surface area contributed by atoms with Gasteiger partial charge in [0.25, 0.3) is 0 Å². The summed E-state index contributed by atoms with van der Waals surface area (Å²) < 4.78 is 31.9. The Hall–Kier alpha value is -1.32. The second kappa shape index (κ2) is 6.42. The lowest BCUT2D eigenvalue weighted by Crippen LogP contribution is -2.00. The van der Waals surface area contributed by atoms with Crippen LogP contribution in [0, 0.1) is 11.6 Å². The second-order valence-corrected chi connectivity index (χ2v) is 5.20. The topological polar surface area (TPSA) is 9.23 Å². The Morgan fingerprint density at radius 3 is 2.55 bits per heavy atom. The average molecular weight is 317 g/mol. The van der Waals surface area contributed by atoms with E-state index in [-0.39, 0.29) is 12.2 Å². The van der Waals surface area contributed by atoms with Gasteiger partial charge in [0.2, 0.25) is 0 Å². The Bertz CT molecular complexity index is 597. The zero-order chi connectivity index (χ0) is 14.7. The Balaban J connectivity index is 2.26. The van der Waals surface area contributed by atoms with Crippen molar-refractivity contribution in [3.63, 3.8) is 0 Å². The molecule has 0 saturated heterocycles. The minimum absolute atomic E-state index is 0.104. The van der Waals surface area contributed by atoms with Crippen molar-refractivity contribution in [3.05, 3.63) is 64.2 Å². The van der Waals surface area contributed by atoms with E-state index in [1.54, 1.807) is 12.1 Å². The van der Waals surface area contributed by atoms with Crippen LogP contribution in [-0.2, 0) is 6.42 Å². The Morgan fingerprint density at radius 1 is 1.15 bits per heavy atom. The third-order valence-corrected chi connectivity index (χ3v) is 3.74. The smallest absolute Gasteiger partial charge is 0.165 e. The van der Waals surface area contributed by atoms with Crippen molar-refractivity contribution in [3.8, 4) is 5.75 Å². The van der Waals surface area contributed by atoms with Crippen molar-refractivity contribution in [2.24, 2.45) is 0 Å². The first-order valence-corrected chi connectivity index (χ1v) is 6.74. The number of hydrogen-bond acceptors (Lipinski definition) is 1. The predicted molar refractivity (Wildman–Crippen MR) is 76.7 cm³/mol. The van der Waals surface area contributed by atoms with Gasteiger partial charge >= 0.3 is 0 Å². The summed E-state index contributed by atoms with van der Waals surface area (Å²) in [6.45, 7) is 0. The second-order valence-electron chi connectivity index (χ2n) is 4.27. The van der Waals surface area contributed by atoms with Gasteiger partial charge in [0, 0.05) is 10.6 Å². The van der Waals surface area contributed by atoms with Crippen molar-refractivity contribution in [2.45, 2.75) is 11.8 Å². The summed E-state index contributed by atoms with van der Waals surface area (Å²) in [4.78, 5) is 0. The molecule has 0 radical (unpaired) electrons. The van der Waals surface area contributed by atoms with E-state index in [4.69, 9.17) is 27.9 Å². The summed E-state index contributed by atoms with van der Waals surface area (Å²) in [5, 5.41) is -0.205. The number of methoxy groups -OCH3 is 1. The molecule has 0 fully saturated rings. The molecule has 1 nitrogen and oxygen atoms in total. The highest BCUT2D eigenvalue weighted by Crippen LogP contribution is 2.32. The first kappa shape index (κ1) is 15.1. The number of benzene rings is 2. The fraction of sp³-hybridized carbons (Fsp3) is 0.200. The van der Waals surface area contributed by atoms with Crippen LogP contribution < -0.4 is 4.74 Å². The van der Waals surface area contributed by atoms with Gasteiger partial charge in [-0.1, -0.05) is 23.7 Å². The SMILES string of the molecule is COc1cc(C(Cl)Cc2c(F)cccc2Cl)ccc1F. The van der Waals surface area contributed by atoms with Gasteiger partial charge < -0.3 is 4.74 Å². The lowest BCUT2D eigenvalue weighted by molar-refractivity contribution is 0.386. The molecule has 0 bridgehead atoms. The van der Waals surface area contributed by atoms with Crippen LogP contribution in [0.2, 0.25) is 5.02 Å². The molecular weight excluding hydrogens is 305 g/mol. The Morgan fingerprint density at radius 2 is 1.90 bits per heavy atom. The van der Waals surface area contributed by atoms with E-state index in [0.717, 1.165) is 0 Å². The van der Waals surface area contributed by atoms with Crippen molar-refractivity contribution in [1.29, 1.82) is 0 Å². The maximum atomic E-state index is 13.7. The van der Waals surface area contributed by atoms with Crippen molar-refractivity contribution in [2.75, 3.05) is 7.11 Å². The zero-order valence-electron chi connectivity index (χ0n) is 10.7. The molecule has 0 aromatic heterocycles. The predicted octanol–water partition coefficient (Wildman–Crippen LogP) is 5.15. The highest BCUT2D eigenvalue weighted by molar-refractivity contribution is 6.31. The number of hydrogen-bond donors (Lipinski definition) is 0. The minimum Gasteiger partial charge on any atom is -0.494 e. The van der Waals surface area contributed by atoms with Crippen LogP contribution in [0.3, 0.4) is 0 Å². The number of halogens is 4. The van der Waals surface area contributed by atoms with E-state index in [9.17, 15) is 8.78 Å². The Labute approximate surface area is 126 Å². The number of rotatable bonds is 4. The first-order chi connectivity index (χ1) is 9.52. The van der Waals surface area contributed by atoms with Crippen LogP contribution in [0.4, 0.5) is 8.78 Å². The summed E-state index contributed by atoms with van der Waals surface area (Å²) in [7, 11) is 1.37. The third-order valence-electron chi connectivity index (χ3n) is 2.98. The van der Waals surface area contributed by atoms with E-state index >= 15 is 0 Å². The van der Waals surface area contributed by atoms with Crippen molar-refractivity contribution >= 4 is 23.2 Å². The normalized spacial score (nSPS) is 12.2. The summed E-state index contributed by atoms with van der Waals surface area (Å²) in [6, 6.07) is 8.79. The van der Waals surface area contributed by atoms with Crippen LogP contribution >= 0.6 is 23.2 Å². The molecule has 0 N–H and O–H groups in total. The van der Waals surface area contributed by atoms with Gasteiger partial charge in [-0.05, 0) is 36.2 Å². The van der Waals surface area contributed by atoms with Crippen LogP contribution in [0.25, 0.3) is 0 Å². The molecule has 20 heavy (non-hydrogen) atoms. The lowest BCUT2D eigenvalue weighted by Gasteiger charge is -2.13. The molecule has 106 valence electrons. The minimum atomic E-state index is -0.529. The fourth-order valence-electron chi connectivity index (χ4n) is 1.90. The van der Waals surface area contributed by atoms with Gasteiger partial charge in [0.15, 0.2) is 11.6 Å². The van der Waals surface area contributed by atoms with E-state index in [2.05, 4.69) is 0 Å². The summed E-state index contributed by atoms with van der Waals surface area (Å²) in [5.41, 5.74) is 0.988. The van der Waals surface area contributed by atoms with Crippen LogP contribution in [-0.4, -0.2) is 7.11 Å². The maximum Gasteiger partial charge on any atom is 0.165 e. The number of ether oxygens (including phenoxy) is 1. The quantitative estimate of drug-likeness (QED) is 0.709. The molecule has 0 aliphatic heterocycles. The molecule has 0 aliphatic carbocycles. The largest absolute Gasteiger partial charge is 0.494 e. The molecule has 0 saturated carbocycles. The molecule has 2 aromatic carbocycles. The molecule has 1 unspecified atom stereocenters. The van der Waals surface area contributed by atoms with E-state index < -0.39 is 17.0 Å². The van der Waals surface area contributed by atoms with Crippen molar-refractivity contribution in [1.82, 2.24) is 0 Å². The summed E-state index contributed by atoms with van der Waals surface area (Å²) in [6.07, 6.45) is 0.210. The lowest BCUT2D eigenvalue weighted by atomic mass is 10.0. The van der Waals surface area contributed by atoms with Gasteiger partial charge in [-0.2, -0.15) is 0 Å². The van der Waals surface area contributed by atoms with E-state index in [0.29, 0.717) is 16.1 Å². The van der Waals surface area contributed by atoms with Crippen molar-refractivity contribution < 1.29 is 13.5 Å². The van der Waals surface area contributed by atoms with Crippen LogP contribution in [0.5, 0.6) is 5.75 Å². The summed E-state index contributed by atoms with van der Waals surface area (Å²) >= 11 is 12.2. The third kappa shape index (κ3) is 3.22.